The molecule has 1 N–H and O–H groups in total. The first-order valence-electron chi connectivity index (χ1n) is 9.92. The maximum atomic E-state index is 13.0. The summed E-state index contributed by atoms with van der Waals surface area (Å²) in [5.74, 6) is 2.25. The van der Waals surface area contributed by atoms with E-state index < -0.39 is 0 Å². The van der Waals surface area contributed by atoms with Crippen LogP contribution in [0.4, 0.5) is 5.82 Å². The molecule has 30 heavy (non-hydrogen) atoms. The number of carbonyl (C=O) groups is 1. The Balaban J connectivity index is 1.26. The van der Waals surface area contributed by atoms with E-state index in [2.05, 4.69) is 49.2 Å². The zero-order valence-corrected chi connectivity index (χ0v) is 17.9. The topological polar surface area (TPSA) is 70.7 Å². The average molecular weight is 469 g/mol. The van der Waals surface area contributed by atoms with Crippen molar-refractivity contribution in [2.45, 2.75) is 6.42 Å². The van der Waals surface area contributed by atoms with Gasteiger partial charge in [0.25, 0.3) is 5.91 Å². The molecule has 154 valence electrons. The van der Waals surface area contributed by atoms with E-state index in [0.717, 1.165) is 41.1 Å². The Morgan fingerprint density at radius 1 is 0.967 bits per heavy atom. The Morgan fingerprint density at radius 3 is 2.67 bits per heavy atom. The van der Waals surface area contributed by atoms with E-state index in [9.17, 15) is 4.79 Å². The van der Waals surface area contributed by atoms with Crippen molar-refractivity contribution in [1.82, 2.24) is 15.1 Å². The van der Waals surface area contributed by atoms with Gasteiger partial charge in [0.15, 0.2) is 17.3 Å². The number of aromatic amines is 1. The standard InChI is InChI=1S/C22H21BrN4O3/c23-17-5-2-15(3-6-17)18-13-21(25-24-18)26-8-1-9-27(11-10-26)22(28)16-4-7-19-20(12-16)30-14-29-19/h2-7,12-13H,1,8-11,14H2,(H,24,25). The zero-order chi connectivity index (χ0) is 20.5. The summed E-state index contributed by atoms with van der Waals surface area (Å²) < 4.78 is 11.8. The first kappa shape index (κ1) is 19.0. The number of benzene rings is 2. The molecule has 3 heterocycles. The van der Waals surface area contributed by atoms with Gasteiger partial charge in [0.05, 0.1) is 5.69 Å². The summed E-state index contributed by atoms with van der Waals surface area (Å²) >= 11 is 3.46. The highest BCUT2D eigenvalue weighted by Gasteiger charge is 2.23. The molecule has 0 saturated carbocycles. The van der Waals surface area contributed by atoms with Crippen molar-refractivity contribution in [2.75, 3.05) is 37.9 Å². The molecule has 2 aliphatic heterocycles. The molecule has 2 aromatic carbocycles. The second-order valence-corrected chi connectivity index (χ2v) is 8.26. The number of anilines is 1. The first-order valence-corrected chi connectivity index (χ1v) is 10.7. The van der Waals surface area contributed by atoms with E-state index in [4.69, 9.17) is 9.47 Å². The number of ether oxygens (including phenoxy) is 2. The largest absolute Gasteiger partial charge is 0.454 e. The van der Waals surface area contributed by atoms with Gasteiger partial charge in [-0.3, -0.25) is 9.89 Å². The van der Waals surface area contributed by atoms with Crippen LogP contribution in [0.25, 0.3) is 11.3 Å². The van der Waals surface area contributed by atoms with Crippen LogP contribution in [-0.2, 0) is 0 Å². The number of H-pyrrole nitrogens is 1. The summed E-state index contributed by atoms with van der Waals surface area (Å²) in [7, 11) is 0. The Bertz CT molecular complexity index is 1070. The monoisotopic (exact) mass is 468 g/mol. The maximum absolute atomic E-state index is 13.0. The van der Waals surface area contributed by atoms with Crippen LogP contribution in [0.2, 0.25) is 0 Å². The van der Waals surface area contributed by atoms with Crippen LogP contribution >= 0.6 is 15.9 Å². The number of rotatable bonds is 3. The fraction of sp³-hybridized carbons (Fsp3) is 0.273. The van der Waals surface area contributed by atoms with E-state index in [-0.39, 0.29) is 12.7 Å². The summed E-state index contributed by atoms with van der Waals surface area (Å²) in [6, 6.07) is 15.6. The predicted octanol–water partition coefficient (Wildman–Crippen LogP) is 3.92. The summed E-state index contributed by atoms with van der Waals surface area (Å²) in [6.45, 7) is 3.16. The van der Waals surface area contributed by atoms with Crippen molar-refractivity contribution in [3.8, 4) is 22.8 Å². The van der Waals surface area contributed by atoms with Gasteiger partial charge in [-0.1, -0.05) is 28.1 Å². The smallest absolute Gasteiger partial charge is 0.254 e. The third kappa shape index (κ3) is 3.75. The summed E-state index contributed by atoms with van der Waals surface area (Å²) in [5, 5.41) is 7.63. The van der Waals surface area contributed by atoms with Crippen LogP contribution in [0, 0.1) is 0 Å². The number of amides is 1. The minimum Gasteiger partial charge on any atom is -0.454 e. The highest BCUT2D eigenvalue weighted by molar-refractivity contribution is 9.10. The average Bonchev–Trinajstić information content (AvgIpc) is 3.38. The van der Waals surface area contributed by atoms with Gasteiger partial charge in [0.1, 0.15) is 0 Å². The summed E-state index contributed by atoms with van der Waals surface area (Å²) in [4.78, 5) is 17.1. The fourth-order valence-electron chi connectivity index (χ4n) is 3.81. The third-order valence-electron chi connectivity index (χ3n) is 5.45. The van der Waals surface area contributed by atoms with E-state index in [0.29, 0.717) is 30.2 Å². The summed E-state index contributed by atoms with van der Waals surface area (Å²) in [5.41, 5.74) is 2.70. The number of aromatic nitrogens is 2. The molecular formula is C22H21BrN4O3. The highest BCUT2D eigenvalue weighted by atomic mass is 79.9. The third-order valence-corrected chi connectivity index (χ3v) is 5.97. The molecule has 1 saturated heterocycles. The quantitative estimate of drug-likeness (QED) is 0.630. The molecule has 7 nitrogen and oxygen atoms in total. The van der Waals surface area contributed by atoms with Gasteiger partial charge in [-0.05, 0) is 42.3 Å². The number of carbonyl (C=O) groups excluding carboxylic acids is 1. The molecule has 0 aliphatic carbocycles. The second-order valence-electron chi connectivity index (χ2n) is 7.35. The molecule has 0 unspecified atom stereocenters. The Morgan fingerprint density at radius 2 is 1.80 bits per heavy atom. The van der Waals surface area contributed by atoms with Gasteiger partial charge < -0.3 is 19.3 Å². The van der Waals surface area contributed by atoms with E-state index in [1.165, 1.54) is 0 Å². The lowest BCUT2D eigenvalue weighted by Gasteiger charge is -2.22. The molecule has 8 heteroatoms. The Kier molecular flexibility index (Phi) is 5.08. The molecule has 2 aliphatic rings. The number of fused-ring (bicyclic) bond motifs is 1. The van der Waals surface area contributed by atoms with Crippen molar-refractivity contribution in [3.63, 3.8) is 0 Å². The van der Waals surface area contributed by atoms with Gasteiger partial charge in [0, 0.05) is 42.3 Å². The molecule has 3 aromatic rings. The minimum atomic E-state index is 0.0210. The van der Waals surface area contributed by atoms with E-state index in [1.807, 2.05) is 17.0 Å². The lowest BCUT2D eigenvalue weighted by atomic mass is 10.1. The number of nitrogens with zero attached hydrogens (tertiary/aromatic N) is 3. The SMILES string of the molecule is O=C(c1ccc2c(c1)OCO2)N1CCCN(c2cc(-c3ccc(Br)cc3)[nH]n2)CC1. The highest BCUT2D eigenvalue weighted by Crippen LogP contribution is 2.33. The van der Waals surface area contributed by atoms with Crippen molar-refractivity contribution < 1.29 is 14.3 Å². The molecule has 0 bridgehead atoms. The molecule has 0 radical (unpaired) electrons. The molecule has 1 aromatic heterocycles. The fourth-order valence-corrected chi connectivity index (χ4v) is 4.08. The lowest BCUT2D eigenvalue weighted by Crippen LogP contribution is -2.35. The van der Waals surface area contributed by atoms with Crippen molar-refractivity contribution in [2.24, 2.45) is 0 Å². The zero-order valence-electron chi connectivity index (χ0n) is 16.3. The molecular weight excluding hydrogens is 448 g/mol. The van der Waals surface area contributed by atoms with Gasteiger partial charge in [-0.15, -0.1) is 0 Å². The number of hydrogen-bond acceptors (Lipinski definition) is 5. The first-order chi connectivity index (χ1) is 14.7. The molecule has 5 rings (SSSR count). The maximum Gasteiger partial charge on any atom is 0.254 e. The predicted molar refractivity (Wildman–Crippen MR) is 117 cm³/mol. The van der Waals surface area contributed by atoms with E-state index >= 15 is 0 Å². The van der Waals surface area contributed by atoms with Crippen LogP contribution in [0.15, 0.2) is 53.0 Å². The van der Waals surface area contributed by atoms with Crippen LogP contribution < -0.4 is 14.4 Å². The Hall–Kier alpha value is -3.00. The van der Waals surface area contributed by atoms with Gasteiger partial charge in [0.2, 0.25) is 6.79 Å². The van der Waals surface area contributed by atoms with Crippen LogP contribution in [0.1, 0.15) is 16.8 Å². The van der Waals surface area contributed by atoms with Crippen molar-refractivity contribution in [1.29, 1.82) is 0 Å². The number of halogens is 1. The van der Waals surface area contributed by atoms with Crippen LogP contribution in [-0.4, -0.2) is 54.0 Å². The molecule has 1 amide bonds. The second kappa shape index (κ2) is 8.02. The van der Waals surface area contributed by atoms with Crippen LogP contribution in [0.3, 0.4) is 0 Å². The lowest BCUT2D eigenvalue weighted by molar-refractivity contribution is 0.0766. The normalized spacial score (nSPS) is 15.9. The number of hydrogen-bond donors (Lipinski definition) is 1. The van der Waals surface area contributed by atoms with Gasteiger partial charge >= 0.3 is 0 Å². The number of nitrogens with one attached hydrogen (secondary N) is 1. The van der Waals surface area contributed by atoms with Gasteiger partial charge in [-0.25, -0.2) is 0 Å². The summed E-state index contributed by atoms with van der Waals surface area (Å²) in [6.07, 6.45) is 0.886. The molecule has 0 spiro atoms. The molecule has 1 fully saturated rings. The van der Waals surface area contributed by atoms with Gasteiger partial charge in [-0.2, -0.15) is 5.10 Å². The van der Waals surface area contributed by atoms with Crippen LogP contribution in [0.5, 0.6) is 11.5 Å². The molecule has 0 atom stereocenters. The van der Waals surface area contributed by atoms with Crippen molar-refractivity contribution >= 4 is 27.7 Å². The Labute approximate surface area is 182 Å². The van der Waals surface area contributed by atoms with Crippen molar-refractivity contribution in [3.05, 3.63) is 58.6 Å². The van der Waals surface area contributed by atoms with E-state index in [1.54, 1.807) is 18.2 Å². The minimum absolute atomic E-state index is 0.0210.